The number of hydrogen-bond donors (Lipinski definition) is 1. The van der Waals surface area contributed by atoms with Gasteiger partial charge in [0.05, 0.1) is 16.9 Å². The summed E-state index contributed by atoms with van der Waals surface area (Å²) in [5, 5.41) is 2.97. The Bertz CT molecular complexity index is 563. The molecule has 0 spiro atoms. The summed E-state index contributed by atoms with van der Waals surface area (Å²) < 4.78 is 32.4. The van der Waals surface area contributed by atoms with Crippen LogP contribution in [0.25, 0.3) is 0 Å². The second kappa shape index (κ2) is 9.24. The summed E-state index contributed by atoms with van der Waals surface area (Å²) in [5.41, 5.74) is 0. The van der Waals surface area contributed by atoms with E-state index in [1.165, 1.54) is 10.4 Å². The maximum Gasteiger partial charge on any atom is 0.242 e. The van der Waals surface area contributed by atoms with E-state index in [-0.39, 0.29) is 22.8 Å². The molecule has 0 aromatic rings. The van der Waals surface area contributed by atoms with E-state index in [2.05, 4.69) is 17.8 Å². The Hall–Kier alpha value is -1.13. The molecule has 1 fully saturated rings. The smallest absolute Gasteiger partial charge is 0.242 e. The van der Waals surface area contributed by atoms with E-state index in [4.69, 9.17) is 11.2 Å². The first kappa shape index (κ1) is 19.9. The fraction of sp³-hybridized carbons (Fsp3) is 0.647. The van der Waals surface area contributed by atoms with Crippen molar-refractivity contribution in [2.45, 2.75) is 26.4 Å². The molecule has 23 heavy (non-hydrogen) atoms. The molecule has 0 aromatic carbocycles. The highest BCUT2D eigenvalue weighted by molar-refractivity contribution is 7.93. The zero-order valence-electron chi connectivity index (χ0n) is 14.3. The number of allylic oxidation sites excluding steroid dienone is 1. The maximum atomic E-state index is 12.6. The third kappa shape index (κ3) is 5.47. The Morgan fingerprint density at radius 2 is 2.26 bits per heavy atom. The van der Waals surface area contributed by atoms with Gasteiger partial charge in [0.1, 0.15) is 0 Å². The van der Waals surface area contributed by atoms with Gasteiger partial charge in [-0.25, -0.2) is 8.42 Å². The lowest BCUT2D eigenvalue weighted by Crippen LogP contribution is -2.30. The van der Waals surface area contributed by atoms with Crippen molar-refractivity contribution in [3.8, 4) is 12.3 Å². The van der Waals surface area contributed by atoms with E-state index < -0.39 is 10.0 Å². The SMILES string of the molecule is C#CC(/C=C\C(=C)S(=O)(=O)N1CC(C)C(OCCC)C1)CNC. The second-order valence-corrected chi connectivity index (χ2v) is 7.86. The Labute approximate surface area is 140 Å². The molecule has 1 N–H and O–H groups in total. The summed E-state index contributed by atoms with van der Waals surface area (Å²) >= 11 is 0. The average Bonchev–Trinajstić information content (AvgIpc) is 2.90. The Balaban J connectivity index is 2.73. The van der Waals surface area contributed by atoms with Gasteiger partial charge in [-0.2, -0.15) is 4.31 Å². The summed E-state index contributed by atoms with van der Waals surface area (Å²) in [4.78, 5) is 0.0668. The molecule has 0 aromatic heterocycles. The van der Waals surface area contributed by atoms with Crippen molar-refractivity contribution < 1.29 is 13.2 Å². The molecule has 0 amide bonds. The van der Waals surface area contributed by atoms with Crippen LogP contribution in [0.15, 0.2) is 23.6 Å². The van der Waals surface area contributed by atoms with E-state index in [1.54, 1.807) is 13.1 Å². The molecule has 0 radical (unpaired) electrons. The minimum atomic E-state index is -3.57. The average molecular weight is 340 g/mol. The maximum absolute atomic E-state index is 12.6. The zero-order chi connectivity index (χ0) is 17.5. The molecule has 1 saturated heterocycles. The van der Waals surface area contributed by atoms with Gasteiger partial charge in [-0.05, 0) is 25.5 Å². The van der Waals surface area contributed by atoms with Crippen LogP contribution in [-0.4, -0.2) is 52.1 Å². The molecule has 0 aliphatic carbocycles. The standard InChI is InChI=1S/C17H28N2O3S/c1-6-10-22-17-13-19(12-14(17)3)23(20,21)15(4)8-9-16(7-2)11-18-5/h2,8-9,14,16-18H,4,6,10-13H2,1,3,5H3/b9-8-. The number of rotatable bonds is 9. The minimum Gasteiger partial charge on any atom is -0.377 e. The molecule has 1 aliphatic rings. The fourth-order valence-electron chi connectivity index (χ4n) is 2.45. The third-order valence-electron chi connectivity index (χ3n) is 3.87. The van der Waals surface area contributed by atoms with Crippen LogP contribution in [0.3, 0.4) is 0 Å². The summed E-state index contributed by atoms with van der Waals surface area (Å²) in [6, 6.07) is 0. The lowest BCUT2D eigenvalue weighted by atomic mass is 10.1. The first-order valence-corrected chi connectivity index (χ1v) is 9.40. The highest BCUT2D eigenvalue weighted by Gasteiger charge is 2.37. The van der Waals surface area contributed by atoms with Gasteiger partial charge in [0.15, 0.2) is 0 Å². The predicted molar refractivity (Wildman–Crippen MR) is 94.2 cm³/mol. The van der Waals surface area contributed by atoms with Crippen molar-refractivity contribution in [3.63, 3.8) is 0 Å². The Morgan fingerprint density at radius 1 is 1.57 bits per heavy atom. The third-order valence-corrected chi connectivity index (χ3v) is 5.65. The van der Waals surface area contributed by atoms with Crippen LogP contribution in [0.1, 0.15) is 20.3 Å². The number of sulfonamides is 1. The topological polar surface area (TPSA) is 58.6 Å². The van der Waals surface area contributed by atoms with Crippen LogP contribution in [0, 0.1) is 24.2 Å². The molecule has 5 nitrogen and oxygen atoms in total. The van der Waals surface area contributed by atoms with Crippen molar-refractivity contribution in [2.75, 3.05) is 33.3 Å². The lowest BCUT2D eigenvalue weighted by Gasteiger charge is -2.17. The summed E-state index contributed by atoms with van der Waals surface area (Å²) in [5.74, 6) is 2.61. The highest BCUT2D eigenvalue weighted by Crippen LogP contribution is 2.25. The minimum absolute atomic E-state index is 0.0516. The van der Waals surface area contributed by atoms with E-state index in [0.717, 1.165) is 6.42 Å². The Morgan fingerprint density at radius 3 is 2.83 bits per heavy atom. The molecule has 1 aliphatic heterocycles. The van der Waals surface area contributed by atoms with Crippen molar-refractivity contribution in [2.24, 2.45) is 11.8 Å². The van der Waals surface area contributed by atoms with Crippen molar-refractivity contribution in [1.82, 2.24) is 9.62 Å². The Kier molecular flexibility index (Phi) is 8.00. The predicted octanol–water partition coefficient (Wildman–Crippen LogP) is 1.60. The van der Waals surface area contributed by atoms with E-state index in [1.807, 2.05) is 13.8 Å². The molecular formula is C17H28N2O3S. The zero-order valence-corrected chi connectivity index (χ0v) is 15.1. The molecule has 3 atom stereocenters. The fourth-order valence-corrected chi connectivity index (χ4v) is 3.81. The second-order valence-electron chi connectivity index (χ2n) is 5.86. The van der Waals surface area contributed by atoms with Gasteiger partial charge in [-0.1, -0.05) is 32.4 Å². The van der Waals surface area contributed by atoms with Crippen LogP contribution in [0.2, 0.25) is 0 Å². The highest BCUT2D eigenvalue weighted by atomic mass is 32.2. The number of ether oxygens (including phenoxy) is 1. The summed E-state index contributed by atoms with van der Waals surface area (Å²) in [6.45, 7) is 9.83. The summed E-state index contributed by atoms with van der Waals surface area (Å²) in [7, 11) is -1.77. The van der Waals surface area contributed by atoms with Crippen LogP contribution >= 0.6 is 0 Å². The van der Waals surface area contributed by atoms with Gasteiger partial charge in [0.2, 0.25) is 10.0 Å². The van der Waals surface area contributed by atoms with Crippen LogP contribution in [0.5, 0.6) is 0 Å². The summed E-state index contributed by atoms with van der Waals surface area (Å²) in [6.07, 6.45) is 9.48. The van der Waals surface area contributed by atoms with Crippen LogP contribution in [-0.2, 0) is 14.8 Å². The molecule has 6 heteroatoms. The van der Waals surface area contributed by atoms with Gasteiger partial charge in [-0.3, -0.25) is 0 Å². The van der Waals surface area contributed by atoms with Crippen molar-refractivity contribution in [1.29, 1.82) is 0 Å². The molecule has 0 saturated carbocycles. The van der Waals surface area contributed by atoms with Gasteiger partial charge in [0, 0.05) is 26.2 Å². The molecule has 3 unspecified atom stereocenters. The van der Waals surface area contributed by atoms with Crippen LogP contribution in [0.4, 0.5) is 0 Å². The number of hydrogen-bond acceptors (Lipinski definition) is 4. The van der Waals surface area contributed by atoms with Crippen molar-refractivity contribution >= 4 is 10.0 Å². The largest absolute Gasteiger partial charge is 0.377 e. The van der Waals surface area contributed by atoms with Gasteiger partial charge < -0.3 is 10.1 Å². The van der Waals surface area contributed by atoms with Crippen molar-refractivity contribution in [3.05, 3.63) is 23.6 Å². The van der Waals surface area contributed by atoms with Crippen LogP contribution < -0.4 is 5.32 Å². The van der Waals surface area contributed by atoms with Gasteiger partial charge in [0.25, 0.3) is 0 Å². The normalized spacial score (nSPS) is 23.9. The molecule has 1 heterocycles. The number of nitrogens with one attached hydrogen (secondary N) is 1. The number of terminal acetylenes is 1. The van der Waals surface area contributed by atoms with Gasteiger partial charge in [-0.15, -0.1) is 6.42 Å². The first-order chi connectivity index (χ1) is 10.9. The molecule has 1 rings (SSSR count). The van der Waals surface area contributed by atoms with E-state index in [9.17, 15) is 8.42 Å². The number of nitrogens with zero attached hydrogens (tertiary/aromatic N) is 1. The quantitative estimate of drug-likeness (QED) is 0.512. The van der Waals surface area contributed by atoms with E-state index in [0.29, 0.717) is 26.2 Å². The molecular weight excluding hydrogens is 312 g/mol. The lowest BCUT2D eigenvalue weighted by molar-refractivity contribution is 0.0412. The van der Waals surface area contributed by atoms with E-state index >= 15 is 0 Å². The molecule has 0 bridgehead atoms. The molecule has 130 valence electrons. The first-order valence-electron chi connectivity index (χ1n) is 7.96. The monoisotopic (exact) mass is 340 g/mol. The van der Waals surface area contributed by atoms with Gasteiger partial charge >= 0.3 is 0 Å².